The molecule has 34 heavy (non-hydrogen) atoms. The molecule has 0 N–H and O–H groups in total. The lowest BCUT2D eigenvalue weighted by Crippen LogP contribution is -2.60. The fraction of sp³-hybridized carbons (Fsp3) is 0.192. The minimum Gasteiger partial charge on any atom is -0.317 e. The van der Waals surface area contributed by atoms with Gasteiger partial charge in [-0.1, -0.05) is 60.4 Å². The van der Waals surface area contributed by atoms with Crippen LogP contribution in [0.3, 0.4) is 0 Å². The Bertz CT molecular complexity index is 1300. The Hall–Kier alpha value is -4.12. The molecule has 0 saturated carbocycles. The molecule has 3 amide bonds. The third-order valence-electron chi connectivity index (χ3n) is 5.87. The van der Waals surface area contributed by atoms with Crippen LogP contribution >= 0.6 is 0 Å². The summed E-state index contributed by atoms with van der Waals surface area (Å²) < 4.78 is 41.9. The van der Waals surface area contributed by atoms with Crippen LogP contribution in [-0.2, 0) is 16.5 Å². The van der Waals surface area contributed by atoms with Crippen LogP contribution in [0.5, 0.6) is 0 Å². The number of aromatic nitrogens is 1. The van der Waals surface area contributed by atoms with Gasteiger partial charge in [-0.15, -0.1) is 0 Å². The molecule has 0 aliphatic carbocycles. The zero-order valence-electron chi connectivity index (χ0n) is 18.4. The Morgan fingerprint density at radius 3 is 2.15 bits per heavy atom. The predicted molar refractivity (Wildman–Crippen MR) is 121 cm³/mol. The monoisotopic (exact) mass is 463 g/mol. The number of carbonyl (C=O) groups is 2. The highest BCUT2D eigenvalue weighted by molar-refractivity contribution is 6.16. The van der Waals surface area contributed by atoms with Gasteiger partial charge in [0.2, 0.25) is 5.91 Å². The molecule has 2 aromatic carbocycles. The van der Waals surface area contributed by atoms with Crippen LogP contribution in [0, 0.1) is 11.8 Å². The van der Waals surface area contributed by atoms with Gasteiger partial charge in [0.05, 0.1) is 12.0 Å². The molecule has 3 aromatic rings. The van der Waals surface area contributed by atoms with Crippen molar-refractivity contribution in [2.45, 2.75) is 25.1 Å². The first-order valence-corrected chi connectivity index (χ1v) is 10.4. The summed E-state index contributed by atoms with van der Waals surface area (Å²) in [5.74, 6) is 3.91. The first-order chi connectivity index (χ1) is 16.1. The second-order valence-electron chi connectivity index (χ2n) is 8.10. The van der Waals surface area contributed by atoms with E-state index < -0.39 is 35.0 Å². The van der Waals surface area contributed by atoms with E-state index in [1.807, 2.05) is 0 Å². The fourth-order valence-corrected chi connectivity index (χ4v) is 3.84. The summed E-state index contributed by atoms with van der Waals surface area (Å²) >= 11 is 0. The number of amides is 3. The van der Waals surface area contributed by atoms with Gasteiger partial charge in [-0.2, -0.15) is 13.2 Å². The second-order valence-corrected chi connectivity index (χ2v) is 8.10. The van der Waals surface area contributed by atoms with Crippen molar-refractivity contribution >= 4 is 17.8 Å². The van der Waals surface area contributed by atoms with Crippen molar-refractivity contribution in [1.29, 1.82) is 0 Å². The number of hydrogen-bond donors (Lipinski definition) is 0. The lowest BCUT2D eigenvalue weighted by Gasteiger charge is -2.45. The molecule has 0 spiro atoms. The van der Waals surface area contributed by atoms with Gasteiger partial charge in [0.1, 0.15) is 5.56 Å². The standard InChI is InChI=1S/C26H20F3N3O2/c1-25(20-11-7-4-8-12-20)16-22(33)32(24(34)31(25)2)23-21(26(27,28)29)15-19(17-30-23)14-13-18-9-5-3-6-10-18/h3-12,15,17H,16H2,1-2H3. The topological polar surface area (TPSA) is 53.5 Å². The largest absolute Gasteiger partial charge is 0.420 e. The molecule has 0 radical (unpaired) electrons. The number of rotatable bonds is 2. The SMILES string of the molecule is CN1C(=O)N(c2ncc(C#Cc3ccccc3)cc2C(F)(F)F)C(=O)CC1(C)c1ccccc1. The van der Waals surface area contributed by atoms with Gasteiger partial charge < -0.3 is 4.90 Å². The summed E-state index contributed by atoms with van der Waals surface area (Å²) in [6.45, 7) is 1.70. The van der Waals surface area contributed by atoms with Crippen molar-refractivity contribution in [2.24, 2.45) is 0 Å². The third kappa shape index (κ3) is 4.25. The summed E-state index contributed by atoms with van der Waals surface area (Å²) in [6, 6.07) is 17.6. The first kappa shape index (κ1) is 23.1. The van der Waals surface area contributed by atoms with E-state index in [4.69, 9.17) is 0 Å². The smallest absolute Gasteiger partial charge is 0.317 e. The number of nitrogens with zero attached hydrogens (tertiary/aromatic N) is 3. The number of pyridine rings is 1. The highest BCUT2D eigenvalue weighted by atomic mass is 19.4. The Labute approximate surface area is 194 Å². The van der Waals surface area contributed by atoms with Gasteiger partial charge in [0.15, 0.2) is 5.82 Å². The number of benzene rings is 2. The minimum atomic E-state index is -4.86. The summed E-state index contributed by atoms with van der Waals surface area (Å²) in [4.78, 5) is 31.9. The van der Waals surface area contributed by atoms with E-state index in [1.54, 1.807) is 67.6 Å². The number of halogens is 3. The van der Waals surface area contributed by atoms with E-state index in [-0.39, 0.29) is 12.0 Å². The van der Waals surface area contributed by atoms with Gasteiger partial charge in [0, 0.05) is 24.4 Å². The lowest BCUT2D eigenvalue weighted by atomic mass is 9.85. The summed E-state index contributed by atoms with van der Waals surface area (Å²) in [6.07, 6.45) is -3.92. The molecule has 1 aliphatic rings. The van der Waals surface area contributed by atoms with Crippen LogP contribution in [0.2, 0.25) is 0 Å². The highest BCUT2D eigenvalue weighted by Crippen LogP contribution is 2.41. The van der Waals surface area contributed by atoms with Crippen LogP contribution in [0.4, 0.5) is 23.8 Å². The molecule has 1 atom stereocenters. The number of alkyl halides is 3. The van der Waals surface area contributed by atoms with Crippen molar-refractivity contribution in [2.75, 3.05) is 11.9 Å². The maximum atomic E-state index is 14.0. The van der Waals surface area contributed by atoms with Gasteiger partial charge in [0.25, 0.3) is 0 Å². The number of anilines is 1. The van der Waals surface area contributed by atoms with Crippen LogP contribution in [0.1, 0.15) is 35.6 Å². The van der Waals surface area contributed by atoms with Crippen LogP contribution in [0.25, 0.3) is 0 Å². The van der Waals surface area contributed by atoms with Crippen molar-refractivity contribution in [1.82, 2.24) is 9.88 Å². The maximum absolute atomic E-state index is 14.0. The average molecular weight is 463 g/mol. The van der Waals surface area contributed by atoms with E-state index in [2.05, 4.69) is 16.8 Å². The molecule has 2 heterocycles. The van der Waals surface area contributed by atoms with Crippen molar-refractivity contribution in [3.05, 3.63) is 95.2 Å². The molecule has 0 bridgehead atoms. The predicted octanol–water partition coefficient (Wildman–Crippen LogP) is 5.20. The molecule has 172 valence electrons. The summed E-state index contributed by atoms with van der Waals surface area (Å²) in [5, 5.41) is 0. The third-order valence-corrected chi connectivity index (χ3v) is 5.87. The van der Waals surface area contributed by atoms with E-state index in [0.29, 0.717) is 16.0 Å². The molecule has 8 heteroatoms. The quantitative estimate of drug-likeness (QED) is 0.491. The van der Waals surface area contributed by atoms with E-state index in [0.717, 1.165) is 12.3 Å². The second kappa shape index (κ2) is 8.67. The van der Waals surface area contributed by atoms with Gasteiger partial charge in [-0.3, -0.25) is 4.79 Å². The molecular weight excluding hydrogens is 443 g/mol. The molecule has 4 rings (SSSR count). The van der Waals surface area contributed by atoms with Gasteiger partial charge in [-0.05, 0) is 30.7 Å². The number of carbonyl (C=O) groups excluding carboxylic acids is 2. The van der Waals surface area contributed by atoms with E-state index >= 15 is 0 Å². The normalized spacial score (nSPS) is 18.5. The number of hydrogen-bond acceptors (Lipinski definition) is 3. The van der Waals surface area contributed by atoms with Crippen LogP contribution < -0.4 is 4.90 Å². The molecule has 1 aliphatic heterocycles. The lowest BCUT2D eigenvalue weighted by molar-refractivity contribution is -0.137. The number of imide groups is 1. The minimum absolute atomic E-state index is 0.0133. The Balaban J connectivity index is 1.73. The van der Waals surface area contributed by atoms with E-state index in [1.165, 1.54) is 11.9 Å². The zero-order chi connectivity index (χ0) is 24.5. The van der Waals surface area contributed by atoms with Gasteiger partial charge in [-0.25, -0.2) is 14.7 Å². The van der Waals surface area contributed by atoms with Crippen molar-refractivity contribution < 1.29 is 22.8 Å². The first-order valence-electron chi connectivity index (χ1n) is 10.4. The Morgan fingerprint density at radius 1 is 0.941 bits per heavy atom. The number of urea groups is 1. The maximum Gasteiger partial charge on any atom is 0.420 e. The van der Waals surface area contributed by atoms with Crippen molar-refractivity contribution in [3.8, 4) is 11.8 Å². The zero-order valence-corrected chi connectivity index (χ0v) is 18.4. The molecule has 5 nitrogen and oxygen atoms in total. The molecule has 1 saturated heterocycles. The van der Waals surface area contributed by atoms with E-state index in [9.17, 15) is 22.8 Å². The highest BCUT2D eigenvalue weighted by Gasteiger charge is 2.49. The Morgan fingerprint density at radius 2 is 1.53 bits per heavy atom. The molecule has 1 unspecified atom stereocenters. The average Bonchev–Trinajstić information content (AvgIpc) is 2.82. The van der Waals surface area contributed by atoms with Crippen LogP contribution in [0.15, 0.2) is 72.9 Å². The fourth-order valence-electron chi connectivity index (χ4n) is 3.84. The summed E-state index contributed by atoms with van der Waals surface area (Å²) in [7, 11) is 1.46. The van der Waals surface area contributed by atoms with Crippen LogP contribution in [-0.4, -0.2) is 28.9 Å². The van der Waals surface area contributed by atoms with Gasteiger partial charge >= 0.3 is 12.2 Å². The molecule has 1 fully saturated rings. The molecule has 1 aromatic heterocycles. The van der Waals surface area contributed by atoms with Crippen molar-refractivity contribution in [3.63, 3.8) is 0 Å². The molecular formula is C26H20F3N3O2. The summed E-state index contributed by atoms with van der Waals surface area (Å²) in [5.41, 5.74) is -0.867. The Kier molecular flexibility index (Phi) is 5.88.